The van der Waals surface area contributed by atoms with Gasteiger partial charge in [0, 0.05) is 56.4 Å². The van der Waals surface area contributed by atoms with Gasteiger partial charge in [0.2, 0.25) is 0 Å². The van der Waals surface area contributed by atoms with E-state index in [9.17, 15) is 5.11 Å². The van der Waals surface area contributed by atoms with Gasteiger partial charge in [0.25, 0.3) is 0 Å². The van der Waals surface area contributed by atoms with Crippen LogP contribution in [0.2, 0.25) is 0 Å². The standard InChI is InChI=1S/C20H22N6O/c27-16-6-10-26(14-16)11-9-23-19-12-18(15-4-3-7-21-13-15)24-20(25-19)17-5-1-2-8-22-17/h1-5,7-8,12-13,16,27H,6,9-11,14H2,(H,23,24,25). The van der Waals surface area contributed by atoms with Gasteiger partial charge in [0.1, 0.15) is 11.5 Å². The summed E-state index contributed by atoms with van der Waals surface area (Å²) in [6.45, 7) is 3.29. The van der Waals surface area contributed by atoms with Crippen molar-refractivity contribution in [3.63, 3.8) is 0 Å². The van der Waals surface area contributed by atoms with E-state index in [0.29, 0.717) is 5.82 Å². The van der Waals surface area contributed by atoms with Gasteiger partial charge in [0.05, 0.1) is 11.8 Å². The first-order valence-electron chi connectivity index (χ1n) is 9.13. The van der Waals surface area contributed by atoms with Crippen LogP contribution in [0.5, 0.6) is 0 Å². The van der Waals surface area contributed by atoms with Crippen molar-refractivity contribution in [2.75, 3.05) is 31.5 Å². The van der Waals surface area contributed by atoms with E-state index in [4.69, 9.17) is 0 Å². The van der Waals surface area contributed by atoms with E-state index in [1.807, 2.05) is 36.4 Å². The number of aliphatic hydroxyl groups excluding tert-OH is 1. The van der Waals surface area contributed by atoms with E-state index in [-0.39, 0.29) is 6.10 Å². The van der Waals surface area contributed by atoms with Crippen LogP contribution in [0.3, 0.4) is 0 Å². The summed E-state index contributed by atoms with van der Waals surface area (Å²) < 4.78 is 0. The topological polar surface area (TPSA) is 87.1 Å². The van der Waals surface area contributed by atoms with Gasteiger partial charge in [-0.25, -0.2) is 9.97 Å². The average molecular weight is 362 g/mol. The van der Waals surface area contributed by atoms with E-state index >= 15 is 0 Å². The highest BCUT2D eigenvalue weighted by molar-refractivity contribution is 5.65. The molecule has 1 aliphatic rings. The zero-order valence-corrected chi connectivity index (χ0v) is 15.0. The van der Waals surface area contributed by atoms with Crippen molar-refractivity contribution in [2.24, 2.45) is 0 Å². The second-order valence-electron chi connectivity index (χ2n) is 6.59. The Morgan fingerprint density at radius 1 is 1.11 bits per heavy atom. The van der Waals surface area contributed by atoms with Crippen LogP contribution in [0.25, 0.3) is 22.8 Å². The predicted octanol–water partition coefficient (Wildman–Crippen LogP) is 2.08. The zero-order valence-electron chi connectivity index (χ0n) is 15.0. The van der Waals surface area contributed by atoms with Crippen LogP contribution in [-0.4, -0.2) is 62.2 Å². The lowest BCUT2D eigenvalue weighted by Gasteiger charge is -2.16. The first kappa shape index (κ1) is 17.5. The third kappa shape index (κ3) is 4.45. The summed E-state index contributed by atoms with van der Waals surface area (Å²) in [5.41, 5.74) is 2.47. The fourth-order valence-electron chi connectivity index (χ4n) is 3.17. The second-order valence-corrected chi connectivity index (χ2v) is 6.59. The Hall–Kier alpha value is -2.90. The molecule has 3 aromatic heterocycles. The van der Waals surface area contributed by atoms with Gasteiger partial charge in [-0.15, -0.1) is 0 Å². The lowest BCUT2D eigenvalue weighted by Crippen LogP contribution is -2.28. The molecule has 2 N–H and O–H groups in total. The molecule has 1 fully saturated rings. The number of aliphatic hydroxyl groups is 1. The smallest absolute Gasteiger partial charge is 0.180 e. The van der Waals surface area contributed by atoms with Gasteiger partial charge in [0.15, 0.2) is 5.82 Å². The minimum atomic E-state index is -0.197. The van der Waals surface area contributed by atoms with E-state index in [0.717, 1.165) is 55.4 Å². The average Bonchev–Trinajstić information content (AvgIpc) is 3.14. The lowest BCUT2D eigenvalue weighted by atomic mass is 10.2. The van der Waals surface area contributed by atoms with Crippen LogP contribution >= 0.6 is 0 Å². The van der Waals surface area contributed by atoms with Gasteiger partial charge in [-0.2, -0.15) is 0 Å². The number of nitrogens with zero attached hydrogens (tertiary/aromatic N) is 5. The molecule has 1 saturated heterocycles. The molecule has 0 amide bonds. The second kappa shape index (κ2) is 8.20. The van der Waals surface area contributed by atoms with Crippen LogP contribution in [0.4, 0.5) is 5.82 Å². The fourth-order valence-corrected chi connectivity index (χ4v) is 3.17. The molecule has 27 heavy (non-hydrogen) atoms. The SMILES string of the molecule is OC1CCN(CCNc2cc(-c3cccnc3)nc(-c3ccccn3)n2)C1. The lowest BCUT2D eigenvalue weighted by molar-refractivity contribution is 0.177. The molecule has 1 atom stereocenters. The number of aromatic nitrogens is 4. The molecule has 4 heterocycles. The van der Waals surface area contributed by atoms with Gasteiger partial charge in [-0.1, -0.05) is 6.07 Å². The molecular formula is C20H22N6O. The first-order chi connectivity index (χ1) is 13.3. The Kier molecular flexibility index (Phi) is 5.32. The first-order valence-corrected chi connectivity index (χ1v) is 9.13. The van der Waals surface area contributed by atoms with Crippen LogP contribution in [0.15, 0.2) is 55.0 Å². The van der Waals surface area contributed by atoms with Gasteiger partial charge >= 0.3 is 0 Å². The summed E-state index contributed by atoms with van der Waals surface area (Å²) in [4.78, 5) is 20.1. The van der Waals surface area contributed by atoms with E-state index in [2.05, 4.69) is 30.2 Å². The molecule has 1 aliphatic heterocycles. The quantitative estimate of drug-likeness (QED) is 0.694. The van der Waals surface area contributed by atoms with E-state index < -0.39 is 0 Å². The Balaban J connectivity index is 1.56. The number of hydrogen-bond acceptors (Lipinski definition) is 7. The Morgan fingerprint density at radius 2 is 2.07 bits per heavy atom. The van der Waals surface area contributed by atoms with Crippen molar-refractivity contribution < 1.29 is 5.11 Å². The highest BCUT2D eigenvalue weighted by Gasteiger charge is 2.19. The number of likely N-dealkylation sites (tertiary alicyclic amines) is 1. The Morgan fingerprint density at radius 3 is 2.81 bits per heavy atom. The van der Waals surface area contributed by atoms with Gasteiger partial charge in [-0.05, 0) is 30.7 Å². The van der Waals surface area contributed by atoms with Crippen LogP contribution in [0.1, 0.15) is 6.42 Å². The number of hydrogen-bond donors (Lipinski definition) is 2. The Bertz CT molecular complexity index is 816. The van der Waals surface area contributed by atoms with Crippen molar-refractivity contribution in [3.8, 4) is 22.8 Å². The molecular weight excluding hydrogens is 340 g/mol. The van der Waals surface area contributed by atoms with Crippen molar-refractivity contribution in [1.82, 2.24) is 24.8 Å². The zero-order chi connectivity index (χ0) is 18.5. The molecule has 0 radical (unpaired) electrons. The summed E-state index contributed by atoms with van der Waals surface area (Å²) in [6.07, 6.45) is 5.93. The molecule has 0 saturated carbocycles. The highest BCUT2D eigenvalue weighted by Crippen LogP contribution is 2.22. The maximum atomic E-state index is 9.65. The summed E-state index contributed by atoms with van der Waals surface area (Å²) >= 11 is 0. The van der Waals surface area contributed by atoms with Gasteiger partial charge in [-0.3, -0.25) is 14.9 Å². The molecule has 138 valence electrons. The van der Waals surface area contributed by atoms with Gasteiger partial charge < -0.3 is 10.4 Å². The fraction of sp³-hybridized carbons (Fsp3) is 0.300. The number of pyridine rings is 2. The van der Waals surface area contributed by atoms with Crippen LogP contribution in [-0.2, 0) is 0 Å². The van der Waals surface area contributed by atoms with E-state index in [1.165, 1.54) is 0 Å². The van der Waals surface area contributed by atoms with Crippen molar-refractivity contribution in [1.29, 1.82) is 0 Å². The van der Waals surface area contributed by atoms with E-state index in [1.54, 1.807) is 18.6 Å². The molecule has 0 spiro atoms. The summed E-state index contributed by atoms with van der Waals surface area (Å²) in [7, 11) is 0. The van der Waals surface area contributed by atoms with Crippen molar-refractivity contribution >= 4 is 5.82 Å². The maximum absolute atomic E-state index is 9.65. The minimum Gasteiger partial charge on any atom is -0.392 e. The molecule has 0 aromatic carbocycles. The third-order valence-corrected chi connectivity index (χ3v) is 4.56. The maximum Gasteiger partial charge on any atom is 0.180 e. The minimum absolute atomic E-state index is 0.197. The van der Waals surface area contributed by atoms with Crippen molar-refractivity contribution in [3.05, 3.63) is 55.0 Å². The molecule has 1 unspecified atom stereocenters. The van der Waals surface area contributed by atoms with Crippen LogP contribution in [0, 0.1) is 0 Å². The third-order valence-electron chi connectivity index (χ3n) is 4.56. The molecule has 4 rings (SSSR count). The number of β-amino-alcohol motifs (C(OH)–C–C–N with tert-alkyl or cyclic N) is 1. The molecule has 3 aromatic rings. The van der Waals surface area contributed by atoms with Crippen molar-refractivity contribution in [2.45, 2.75) is 12.5 Å². The number of nitrogens with one attached hydrogen (secondary N) is 1. The van der Waals surface area contributed by atoms with Crippen LogP contribution < -0.4 is 5.32 Å². The summed E-state index contributed by atoms with van der Waals surface area (Å²) in [5.74, 6) is 1.33. The molecule has 7 heteroatoms. The predicted molar refractivity (Wildman–Crippen MR) is 104 cm³/mol. The molecule has 7 nitrogen and oxygen atoms in total. The monoisotopic (exact) mass is 362 g/mol. The number of anilines is 1. The Labute approximate surface area is 158 Å². The molecule has 0 aliphatic carbocycles. The normalized spacial score (nSPS) is 17.1. The summed E-state index contributed by atoms with van der Waals surface area (Å²) in [6, 6.07) is 11.5. The summed E-state index contributed by atoms with van der Waals surface area (Å²) in [5, 5.41) is 13.0. The largest absolute Gasteiger partial charge is 0.392 e. The molecule has 0 bridgehead atoms. The number of rotatable bonds is 6. The highest BCUT2D eigenvalue weighted by atomic mass is 16.3.